The number of amides is 1. The van der Waals surface area contributed by atoms with Crippen molar-refractivity contribution in [3.05, 3.63) is 23.3 Å². The predicted octanol–water partition coefficient (Wildman–Crippen LogP) is 3.22. The molecule has 1 aliphatic carbocycles. The van der Waals surface area contributed by atoms with Gasteiger partial charge in [0.05, 0.1) is 37.0 Å². The molecule has 0 aromatic heterocycles. The van der Waals surface area contributed by atoms with Crippen LogP contribution < -0.4 is 15.4 Å². The molecule has 1 saturated heterocycles. The summed E-state index contributed by atoms with van der Waals surface area (Å²) in [6.07, 6.45) is 0.772. The van der Waals surface area contributed by atoms with Gasteiger partial charge in [-0.15, -0.1) is 11.8 Å². The van der Waals surface area contributed by atoms with Crippen LogP contribution >= 0.6 is 11.8 Å². The Morgan fingerprint density at radius 2 is 1.90 bits per heavy atom. The molecule has 174 valence electrons. The van der Waals surface area contributed by atoms with E-state index in [4.69, 9.17) is 9.47 Å². The van der Waals surface area contributed by atoms with Crippen LogP contribution in [0, 0.1) is 0 Å². The third kappa shape index (κ3) is 6.06. The molecule has 1 aromatic rings. The lowest BCUT2D eigenvalue weighted by atomic mass is 9.91. The molecule has 1 amide bonds. The number of thioether (sulfide) groups is 1. The van der Waals surface area contributed by atoms with Crippen LogP contribution in [0.25, 0.3) is 0 Å². The van der Waals surface area contributed by atoms with Crippen LogP contribution in [-0.4, -0.2) is 61.8 Å². The zero-order valence-electron chi connectivity index (χ0n) is 17.6. The van der Waals surface area contributed by atoms with Crippen LogP contribution in [-0.2, 0) is 10.9 Å². The van der Waals surface area contributed by atoms with Crippen LogP contribution in [0.1, 0.15) is 48.0 Å². The summed E-state index contributed by atoms with van der Waals surface area (Å²) in [6.45, 7) is 0.884. The van der Waals surface area contributed by atoms with E-state index in [9.17, 15) is 23.1 Å². The van der Waals surface area contributed by atoms with E-state index in [1.54, 1.807) is 6.26 Å². The van der Waals surface area contributed by atoms with Crippen LogP contribution in [0.4, 0.5) is 13.2 Å². The molecule has 1 aromatic carbocycles. The van der Waals surface area contributed by atoms with Crippen molar-refractivity contribution in [2.24, 2.45) is 0 Å². The molecule has 3 N–H and O–H groups in total. The summed E-state index contributed by atoms with van der Waals surface area (Å²) in [5, 5.41) is 16.2. The minimum Gasteiger partial charge on any atom is -0.496 e. The molecule has 1 saturated carbocycles. The Morgan fingerprint density at radius 3 is 2.52 bits per heavy atom. The molecule has 2 fully saturated rings. The van der Waals surface area contributed by atoms with Gasteiger partial charge in [0.15, 0.2) is 0 Å². The Hall–Kier alpha value is -1.49. The first-order chi connectivity index (χ1) is 14.7. The second kappa shape index (κ2) is 10.4. The average Bonchev–Trinajstić information content (AvgIpc) is 2.74. The van der Waals surface area contributed by atoms with Crippen molar-refractivity contribution in [2.45, 2.75) is 67.4 Å². The first kappa shape index (κ1) is 24.2. The molecule has 0 spiro atoms. The van der Waals surface area contributed by atoms with Gasteiger partial charge in [-0.3, -0.25) is 4.79 Å². The van der Waals surface area contributed by atoms with E-state index in [-0.39, 0.29) is 40.4 Å². The number of hydrogen-bond acceptors (Lipinski definition) is 6. The zero-order valence-corrected chi connectivity index (χ0v) is 18.4. The molecule has 1 aliphatic heterocycles. The van der Waals surface area contributed by atoms with Gasteiger partial charge in [0.2, 0.25) is 0 Å². The summed E-state index contributed by atoms with van der Waals surface area (Å²) < 4.78 is 50.4. The fourth-order valence-corrected chi connectivity index (χ4v) is 4.81. The number of halogens is 3. The lowest BCUT2D eigenvalue weighted by molar-refractivity contribution is -0.137. The van der Waals surface area contributed by atoms with Gasteiger partial charge in [0.25, 0.3) is 5.91 Å². The largest absolute Gasteiger partial charge is 0.496 e. The highest BCUT2D eigenvalue weighted by molar-refractivity contribution is 7.98. The van der Waals surface area contributed by atoms with E-state index in [1.807, 2.05) is 0 Å². The smallest absolute Gasteiger partial charge is 0.416 e. The highest BCUT2D eigenvalue weighted by Crippen LogP contribution is 2.38. The van der Waals surface area contributed by atoms with Crippen molar-refractivity contribution in [1.82, 2.24) is 10.6 Å². The number of methoxy groups -OCH3 is 1. The third-order valence-electron chi connectivity index (χ3n) is 5.88. The highest BCUT2D eigenvalue weighted by Gasteiger charge is 2.35. The van der Waals surface area contributed by atoms with Crippen LogP contribution in [0.3, 0.4) is 0 Å². The zero-order chi connectivity index (χ0) is 22.6. The third-order valence-corrected chi connectivity index (χ3v) is 6.64. The Bertz CT molecular complexity index is 744. The fraction of sp³-hybridized carbons (Fsp3) is 0.667. The minimum absolute atomic E-state index is 0.0175. The Morgan fingerprint density at radius 1 is 1.19 bits per heavy atom. The highest BCUT2D eigenvalue weighted by atomic mass is 32.2. The van der Waals surface area contributed by atoms with E-state index >= 15 is 0 Å². The van der Waals surface area contributed by atoms with Crippen LogP contribution in [0.15, 0.2) is 17.0 Å². The first-order valence-electron chi connectivity index (χ1n) is 10.4. The topological polar surface area (TPSA) is 79.8 Å². The summed E-state index contributed by atoms with van der Waals surface area (Å²) in [7, 11) is 1.25. The predicted molar refractivity (Wildman–Crippen MR) is 112 cm³/mol. The summed E-state index contributed by atoms with van der Waals surface area (Å²) in [4.78, 5) is 13.3. The van der Waals surface area contributed by atoms with Crippen LogP contribution in [0.2, 0.25) is 0 Å². The van der Waals surface area contributed by atoms with E-state index in [2.05, 4.69) is 10.6 Å². The Labute approximate surface area is 184 Å². The molecule has 1 unspecified atom stereocenters. The van der Waals surface area contributed by atoms with Crippen molar-refractivity contribution < 1.29 is 32.5 Å². The van der Waals surface area contributed by atoms with Gasteiger partial charge in [-0.1, -0.05) is 0 Å². The van der Waals surface area contributed by atoms with Crippen molar-refractivity contribution in [1.29, 1.82) is 0 Å². The number of nitrogens with one attached hydrogen (secondary N) is 2. The SMILES string of the molecule is COc1cc(C(F)(F)F)cc(SC)c1C(=O)N[C@@H]1COCCC1NC1CCC(O)CC1. The van der Waals surface area contributed by atoms with Gasteiger partial charge in [-0.05, 0) is 50.5 Å². The number of carbonyl (C=O) groups excluding carboxylic acids is 1. The van der Waals surface area contributed by atoms with Crippen molar-refractivity contribution in [3.63, 3.8) is 0 Å². The molecule has 1 heterocycles. The van der Waals surface area contributed by atoms with Crippen LogP contribution in [0.5, 0.6) is 5.75 Å². The van der Waals surface area contributed by atoms with E-state index < -0.39 is 17.6 Å². The molecule has 31 heavy (non-hydrogen) atoms. The second-order valence-corrected chi connectivity index (χ2v) is 8.82. The van der Waals surface area contributed by atoms with Crippen molar-refractivity contribution >= 4 is 17.7 Å². The Kier molecular flexibility index (Phi) is 8.12. The monoisotopic (exact) mass is 462 g/mol. The second-order valence-electron chi connectivity index (χ2n) is 7.98. The maximum Gasteiger partial charge on any atom is 0.416 e. The van der Waals surface area contributed by atoms with E-state index in [0.29, 0.717) is 19.6 Å². The van der Waals surface area contributed by atoms with Gasteiger partial charge in [0, 0.05) is 23.6 Å². The van der Waals surface area contributed by atoms with Gasteiger partial charge in [-0.2, -0.15) is 13.2 Å². The molecule has 0 radical (unpaired) electrons. The number of ether oxygens (including phenoxy) is 2. The normalized spacial score (nSPS) is 27.0. The number of aliphatic hydroxyl groups is 1. The van der Waals surface area contributed by atoms with Gasteiger partial charge in [-0.25, -0.2) is 0 Å². The number of hydrogen-bond donors (Lipinski definition) is 3. The number of aliphatic hydroxyl groups excluding tert-OH is 1. The van der Waals surface area contributed by atoms with E-state index in [0.717, 1.165) is 49.6 Å². The molecule has 6 nitrogen and oxygen atoms in total. The van der Waals surface area contributed by atoms with Gasteiger partial charge >= 0.3 is 6.18 Å². The fourth-order valence-electron chi connectivity index (χ4n) is 4.16. The first-order valence-corrected chi connectivity index (χ1v) is 11.6. The number of alkyl halides is 3. The quantitative estimate of drug-likeness (QED) is 0.564. The lowest BCUT2D eigenvalue weighted by Gasteiger charge is -2.37. The van der Waals surface area contributed by atoms with Gasteiger partial charge < -0.3 is 25.2 Å². The number of carbonyl (C=O) groups is 1. The van der Waals surface area contributed by atoms with E-state index in [1.165, 1.54) is 7.11 Å². The summed E-state index contributed by atoms with van der Waals surface area (Å²) in [6, 6.07) is 1.75. The molecule has 0 bridgehead atoms. The molecule has 2 atom stereocenters. The maximum atomic E-state index is 13.2. The number of rotatable bonds is 6. The lowest BCUT2D eigenvalue weighted by Crippen LogP contribution is -2.57. The molecular weight excluding hydrogens is 433 g/mol. The van der Waals surface area contributed by atoms with Crippen molar-refractivity contribution in [3.8, 4) is 5.75 Å². The molecule has 2 aliphatic rings. The molecule has 10 heteroatoms. The average molecular weight is 463 g/mol. The van der Waals surface area contributed by atoms with Gasteiger partial charge in [0.1, 0.15) is 5.75 Å². The summed E-state index contributed by atoms with van der Waals surface area (Å²) in [5.74, 6) is -0.601. The maximum absolute atomic E-state index is 13.2. The molecular formula is C21H29F3N2O4S. The minimum atomic E-state index is -4.54. The molecule has 3 rings (SSSR count). The summed E-state index contributed by atoms with van der Waals surface area (Å²) in [5.41, 5.74) is -0.765. The standard InChI is InChI=1S/C21H29F3N2O4S/c1-29-17-9-12(21(22,23)24)10-18(31-2)19(17)20(28)26-16-11-30-8-7-15(16)25-13-3-5-14(27)6-4-13/h9-10,13-16,25,27H,3-8,11H2,1-2H3,(H,26,28)/t13?,14?,15?,16-/m1/s1. The number of benzene rings is 1. The summed E-state index contributed by atoms with van der Waals surface area (Å²) >= 11 is 1.06. The Balaban J connectivity index is 1.77. The van der Waals surface area contributed by atoms with Crippen molar-refractivity contribution in [2.75, 3.05) is 26.6 Å².